The second-order valence-corrected chi connectivity index (χ2v) is 5.93. The fraction of sp³-hybridized carbons (Fsp3) is 0.389. The van der Waals surface area contributed by atoms with Crippen LogP contribution in [-0.4, -0.2) is 26.8 Å². The maximum Gasteiger partial charge on any atom is 0.332 e. The maximum atomic E-state index is 11.8. The average Bonchev–Trinajstić information content (AvgIpc) is 3.03. The number of aromatic nitrogens is 3. The van der Waals surface area contributed by atoms with E-state index < -0.39 is 0 Å². The molecule has 1 aromatic heterocycles. The molecule has 5 heteroatoms. The molecule has 0 radical (unpaired) electrons. The lowest BCUT2D eigenvalue weighted by molar-refractivity contribution is -0.144. The fourth-order valence-corrected chi connectivity index (χ4v) is 2.79. The number of hydrogen-bond acceptors (Lipinski definition) is 4. The van der Waals surface area contributed by atoms with Gasteiger partial charge in [0.25, 0.3) is 0 Å². The van der Waals surface area contributed by atoms with Crippen LogP contribution in [0, 0.1) is 6.92 Å². The standard InChI is InChI=1S/C18H21N3O2/c1-14-6-5-7-15(12-14)18-19-13-21(20-18)11-10-17(22)23-16-8-3-2-4-9-16/h5-7,10-13,16H,2-4,8-9H2,1H3/b11-10-. The first-order valence-electron chi connectivity index (χ1n) is 8.08. The number of aryl methyl sites for hydroxylation is 1. The molecule has 1 saturated carbocycles. The molecule has 120 valence electrons. The van der Waals surface area contributed by atoms with Crippen molar-refractivity contribution in [2.75, 3.05) is 0 Å². The number of carbonyl (C=O) groups is 1. The summed E-state index contributed by atoms with van der Waals surface area (Å²) in [6, 6.07) is 8.00. The van der Waals surface area contributed by atoms with Gasteiger partial charge >= 0.3 is 5.97 Å². The Morgan fingerprint density at radius 3 is 2.91 bits per heavy atom. The molecule has 5 nitrogen and oxygen atoms in total. The largest absolute Gasteiger partial charge is 0.459 e. The topological polar surface area (TPSA) is 57.0 Å². The first kappa shape index (κ1) is 15.5. The van der Waals surface area contributed by atoms with Crippen LogP contribution in [0.1, 0.15) is 37.7 Å². The summed E-state index contributed by atoms with van der Waals surface area (Å²) in [5.41, 5.74) is 2.12. The monoisotopic (exact) mass is 311 g/mol. The summed E-state index contributed by atoms with van der Waals surface area (Å²) in [6.45, 7) is 2.03. The minimum absolute atomic E-state index is 0.0690. The van der Waals surface area contributed by atoms with Gasteiger partial charge in [0.2, 0.25) is 0 Å². The molecule has 0 N–H and O–H groups in total. The van der Waals surface area contributed by atoms with Gasteiger partial charge in [0, 0.05) is 17.8 Å². The highest BCUT2D eigenvalue weighted by molar-refractivity contribution is 5.85. The predicted molar refractivity (Wildman–Crippen MR) is 88.5 cm³/mol. The number of nitrogens with zero attached hydrogens (tertiary/aromatic N) is 3. The number of ether oxygens (including phenoxy) is 1. The minimum atomic E-state index is -0.315. The van der Waals surface area contributed by atoms with E-state index in [0.29, 0.717) is 5.82 Å². The highest BCUT2D eigenvalue weighted by Gasteiger charge is 2.16. The molecular weight excluding hydrogens is 290 g/mol. The summed E-state index contributed by atoms with van der Waals surface area (Å²) >= 11 is 0. The van der Waals surface area contributed by atoms with Crippen LogP contribution in [0.25, 0.3) is 17.6 Å². The molecule has 1 aliphatic carbocycles. The molecule has 0 atom stereocenters. The van der Waals surface area contributed by atoms with Crippen molar-refractivity contribution >= 4 is 12.2 Å². The van der Waals surface area contributed by atoms with Crippen LogP contribution in [0.2, 0.25) is 0 Å². The predicted octanol–water partition coefficient (Wildman–Crippen LogP) is 3.60. The molecule has 0 saturated heterocycles. The van der Waals surface area contributed by atoms with Crippen molar-refractivity contribution < 1.29 is 9.53 Å². The molecule has 3 rings (SSSR count). The summed E-state index contributed by atoms with van der Waals surface area (Å²) in [7, 11) is 0. The van der Waals surface area contributed by atoms with Gasteiger partial charge in [-0.25, -0.2) is 14.5 Å². The molecule has 0 spiro atoms. The Morgan fingerprint density at radius 1 is 1.30 bits per heavy atom. The van der Waals surface area contributed by atoms with Gasteiger partial charge in [-0.2, -0.15) is 0 Å². The Labute approximate surface area is 136 Å². The van der Waals surface area contributed by atoms with E-state index >= 15 is 0 Å². The van der Waals surface area contributed by atoms with Crippen molar-refractivity contribution in [3.63, 3.8) is 0 Å². The quantitative estimate of drug-likeness (QED) is 0.639. The number of hydrogen-bond donors (Lipinski definition) is 0. The van der Waals surface area contributed by atoms with Crippen LogP contribution < -0.4 is 0 Å². The molecule has 1 fully saturated rings. The van der Waals surface area contributed by atoms with Gasteiger partial charge in [0.05, 0.1) is 0 Å². The highest BCUT2D eigenvalue weighted by atomic mass is 16.5. The Kier molecular flexibility index (Phi) is 4.86. The van der Waals surface area contributed by atoms with E-state index in [0.717, 1.165) is 36.8 Å². The second kappa shape index (κ2) is 7.22. The van der Waals surface area contributed by atoms with Crippen LogP contribution >= 0.6 is 0 Å². The van der Waals surface area contributed by atoms with Gasteiger partial charge < -0.3 is 4.74 Å². The normalized spacial score (nSPS) is 15.9. The van der Waals surface area contributed by atoms with Crippen molar-refractivity contribution in [2.45, 2.75) is 45.1 Å². The lowest BCUT2D eigenvalue weighted by atomic mass is 9.98. The molecule has 1 aliphatic rings. The SMILES string of the molecule is Cc1cccc(-c2ncn(/C=C\C(=O)OC3CCCCC3)n2)c1. The molecule has 2 aromatic rings. The molecular formula is C18H21N3O2. The van der Waals surface area contributed by atoms with Gasteiger partial charge in [-0.15, -0.1) is 5.10 Å². The van der Waals surface area contributed by atoms with Crippen molar-refractivity contribution in [1.29, 1.82) is 0 Å². The van der Waals surface area contributed by atoms with Gasteiger partial charge in [-0.05, 0) is 38.7 Å². The fourth-order valence-electron chi connectivity index (χ4n) is 2.79. The molecule has 23 heavy (non-hydrogen) atoms. The highest BCUT2D eigenvalue weighted by Crippen LogP contribution is 2.20. The van der Waals surface area contributed by atoms with Crippen molar-refractivity contribution in [3.05, 3.63) is 42.2 Å². The molecule has 1 heterocycles. The lowest BCUT2D eigenvalue weighted by Gasteiger charge is -2.20. The van der Waals surface area contributed by atoms with E-state index in [-0.39, 0.29) is 12.1 Å². The summed E-state index contributed by atoms with van der Waals surface area (Å²) in [4.78, 5) is 16.1. The van der Waals surface area contributed by atoms with Crippen LogP contribution in [0.5, 0.6) is 0 Å². The summed E-state index contributed by atoms with van der Waals surface area (Å²) < 4.78 is 6.96. The zero-order valence-electron chi connectivity index (χ0n) is 13.3. The Bertz CT molecular complexity index is 700. The van der Waals surface area contributed by atoms with Crippen LogP contribution in [0.4, 0.5) is 0 Å². The van der Waals surface area contributed by atoms with Gasteiger partial charge in [0.1, 0.15) is 12.4 Å². The van der Waals surface area contributed by atoms with E-state index in [1.165, 1.54) is 17.2 Å². The smallest absolute Gasteiger partial charge is 0.332 e. The van der Waals surface area contributed by atoms with Gasteiger partial charge in [0.15, 0.2) is 5.82 Å². The summed E-state index contributed by atoms with van der Waals surface area (Å²) in [5, 5.41) is 4.35. The number of benzene rings is 1. The van der Waals surface area contributed by atoms with Crippen molar-refractivity contribution in [3.8, 4) is 11.4 Å². The lowest BCUT2D eigenvalue weighted by Crippen LogP contribution is -2.19. The molecule has 0 aliphatic heterocycles. The average molecular weight is 311 g/mol. The maximum absolute atomic E-state index is 11.8. The van der Waals surface area contributed by atoms with E-state index in [1.807, 2.05) is 31.2 Å². The minimum Gasteiger partial charge on any atom is -0.459 e. The summed E-state index contributed by atoms with van der Waals surface area (Å²) in [6.07, 6.45) is 10.1. The molecule has 0 bridgehead atoms. The third-order valence-electron chi connectivity index (χ3n) is 3.98. The van der Waals surface area contributed by atoms with Crippen LogP contribution in [0.15, 0.2) is 36.7 Å². The first-order valence-corrected chi connectivity index (χ1v) is 8.08. The molecule has 0 unspecified atom stereocenters. The van der Waals surface area contributed by atoms with Gasteiger partial charge in [-0.1, -0.05) is 30.2 Å². The third kappa shape index (κ3) is 4.28. The summed E-state index contributed by atoms with van der Waals surface area (Å²) in [5.74, 6) is 0.323. The van der Waals surface area contributed by atoms with Crippen LogP contribution in [-0.2, 0) is 9.53 Å². The molecule has 0 amide bonds. The Balaban J connectivity index is 1.60. The van der Waals surface area contributed by atoms with Crippen molar-refractivity contribution in [1.82, 2.24) is 14.8 Å². The number of carbonyl (C=O) groups excluding carboxylic acids is 1. The molecule has 1 aromatic carbocycles. The van der Waals surface area contributed by atoms with E-state index in [9.17, 15) is 4.79 Å². The van der Waals surface area contributed by atoms with Crippen molar-refractivity contribution in [2.24, 2.45) is 0 Å². The Morgan fingerprint density at radius 2 is 2.13 bits per heavy atom. The van der Waals surface area contributed by atoms with Crippen LogP contribution in [0.3, 0.4) is 0 Å². The second-order valence-electron chi connectivity index (χ2n) is 5.93. The third-order valence-corrected chi connectivity index (χ3v) is 3.98. The first-order chi connectivity index (χ1) is 11.2. The van der Waals surface area contributed by atoms with E-state index in [1.54, 1.807) is 12.5 Å². The number of rotatable bonds is 4. The van der Waals surface area contributed by atoms with Gasteiger partial charge in [-0.3, -0.25) is 0 Å². The van der Waals surface area contributed by atoms with E-state index in [4.69, 9.17) is 4.74 Å². The zero-order valence-corrected chi connectivity index (χ0v) is 13.3. The number of esters is 1. The van der Waals surface area contributed by atoms with E-state index in [2.05, 4.69) is 10.1 Å². The zero-order chi connectivity index (χ0) is 16.1. The Hall–Kier alpha value is -2.43.